The standard InChI is InChI=1S/C13H16Br3NO.ClH/c14-8-6-9(15)13(18)11(16)10(8)12(17)7-4-2-1-3-5-7;/h6-7,12,18H,1-5,17H2;1H/t12-;/m1./s1. The maximum atomic E-state index is 9.99. The molecule has 2 nitrogen and oxygen atoms in total. The Morgan fingerprint density at radius 3 is 2.26 bits per heavy atom. The van der Waals surface area contributed by atoms with E-state index in [1.54, 1.807) is 0 Å². The van der Waals surface area contributed by atoms with Crippen LogP contribution >= 0.6 is 60.2 Å². The summed E-state index contributed by atoms with van der Waals surface area (Å²) in [7, 11) is 0. The Balaban J connectivity index is 0.00000180. The molecule has 1 aromatic carbocycles. The van der Waals surface area contributed by atoms with E-state index in [9.17, 15) is 5.11 Å². The molecule has 3 N–H and O–H groups in total. The molecule has 2 rings (SSSR count). The lowest BCUT2D eigenvalue weighted by atomic mass is 9.81. The van der Waals surface area contributed by atoms with Crippen LogP contribution in [0.4, 0.5) is 0 Å². The van der Waals surface area contributed by atoms with Crippen molar-refractivity contribution >= 4 is 60.2 Å². The van der Waals surface area contributed by atoms with E-state index < -0.39 is 0 Å². The van der Waals surface area contributed by atoms with Gasteiger partial charge in [-0.3, -0.25) is 0 Å². The molecule has 0 aromatic heterocycles. The lowest BCUT2D eigenvalue weighted by Gasteiger charge is -2.29. The van der Waals surface area contributed by atoms with Crippen molar-refractivity contribution in [1.29, 1.82) is 0 Å². The van der Waals surface area contributed by atoms with Crippen molar-refractivity contribution in [1.82, 2.24) is 0 Å². The van der Waals surface area contributed by atoms with Crippen LogP contribution in [0.1, 0.15) is 43.7 Å². The van der Waals surface area contributed by atoms with E-state index in [-0.39, 0.29) is 24.2 Å². The normalized spacial score (nSPS) is 17.9. The summed E-state index contributed by atoms with van der Waals surface area (Å²) in [5, 5.41) is 9.99. The summed E-state index contributed by atoms with van der Waals surface area (Å²) in [4.78, 5) is 0. The largest absolute Gasteiger partial charge is 0.506 e. The van der Waals surface area contributed by atoms with Crippen molar-refractivity contribution in [2.75, 3.05) is 0 Å². The van der Waals surface area contributed by atoms with Gasteiger partial charge in [0.2, 0.25) is 0 Å². The molecule has 0 bridgehead atoms. The maximum absolute atomic E-state index is 9.99. The summed E-state index contributed by atoms with van der Waals surface area (Å²) in [6.45, 7) is 0. The SMILES string of the molecule is Cl.N[C@@H](c1c(Br)cc(Br)c(O)c1Br)C1CCCCC1. The molecule has 0 unspecified atom stereocenters. The molecule has 108 valence electrons. The number of benzene rings is 1. The van der Waals surface area contributed by atoms with Gasteiger partial charge in [0.1, 0.15) is 5.75 Å². The van der Waals surface area contributed by atoms with Crippen molar-refractivity contribution in [2.45, 2.75) is 38.1 Å². The van der Waals surface area contributed by atoms with E-state index >= 15 is 0 Å². The fourth-order valence-corrected chi connectivity index (χ4v) is 5.28. The second-order valence-corrected chi connectivity index (χ2v) is 7.34. The molecule has 1 aromatic rings. The Labute approximate surface area is 145 Å². The van der Waals surface area contributed by atoms with Gasteiger partial charge in [0.15, 0.2) is 0 Å². The number of phenols is 1. The second-order valence-electron chi connectivity index (χ2n) is 4.84. The van der Waals surface area contributed by atoms with Crippen molar-refractivity contribution in [2.24, 2.45) is 11.7 Å². The van der Waals surface area contributed by atoms with E-state index in [1.165, 1.54) is 32.1 Å². The van der Waals surface area contributed by atoms with Crippen LogP contribution in [0.15, 0.2) is 19.5 Å². The zero-order valence-electron chi connectivity index (χ0n) is 10.3. The zero-order valence-corrected chi connectivity index (χ0v) is 15.9. The van der Waals surface area contributed by atoms with Gasteiger partial charge < -0.3 is 10.8 Å². The van der Waals surface area contributed by atoms with Crippen LogP contribution in [-0.4, -0.2) is 5.11 Å². The molecule has 0 amide bonds. The lowest BCUT2D eigenvalue weighted by Crippen LogP contribution is -2.24. The van der Waals surface area contributed by atoms with Crippen LogP contribution < -0.4 is 5.73 Å². The fraction of sp³-hybridized carbons (Fsp3) is 0.538. The molecule has 1 aliphatic carbocycles. The Kier molecular flexibility index (Phi) is 7.14. The van der Waals surface area contributed by atoms with Gasteiger partial charge in [-0.25, -0.2) is 0 Å². The number of aromatic hydroxyl groups is 1. The zero-order chi connectivity index (χ0) is 13.3. The number of phenolic OH excluding ortho intramolecular Hbond substituents is 1. The van der Waals surface area contributed by atoms with E-state index in [0.29, 0.717) is 14.9 Å². The minimum Gasteiger partial charge on any atom is -0.506 e. The highest BCUT2D eigenvalue weighted by molar-refractivity contribution is 9.11. The van der Waals surface area contributed by atoms with Crippen LogP contribution in [-0.2, 0) is 0 Å². The Morgan fingerprint density at radius 1 is 1.11 bits per heavy atom. The average molecular weight is 478 g/mol. The molecule has 0 spiro atoms. The van der Waals surface area contributed by atoms with Crippen LogP contribution in [0.5, 0.6) is 5.75 Å². The molecule has 0 heterocycles. The Bertz CT molecular complexity index is 450. The highest BCUT2D eigenvalue weighted by Gasteiger charge is 2.26. The molecule has 0 radical (unpaired) electrons. The molecule has 1 atom stereocenters. The van der Waals surface area contributed by atoms with Gasteiger partial charge in [-0.05, 0) is 56.7 Å². The van der Waals surface area contributed by atoms with Crippen molar-refractivity contribution in [3.8, 4) is 5.75 Å². The van der Waals surface area contributed by atoms with Gasteiger partial charge in [-0.1, -0.05) is 35.2 Å². The molecule has 19 heavy (non-hydrogen) atoms. The molecule has 1 aliphatic rings. The van der Waals surface area contributed by atoms with Crippen LogP contribution in [0.2, 0.25) is 0 Å². The average Bonchev–Trinajstić information content (AvgIpc) is 2.37. The van der Waals surface area contributed by atoms with Crippen molar-refractivity contribution < 1.29 is 5.11 Å². The van der Waals surface area contributed by atoms with Gasteiger partial charge in [0, 0.05) is 16.1 Å². The monoisotopic (exact) mass is 475 g/mol. The number of nitrogens with two attached hydrogens (primary N) is 1. The van der Waals surface area contributed by atoms with Crippen LogP contribution in [0.25, 0.3) is 0 Å². The Hall–Kier alpha value is 0.710. The molecule has 0 saturated heterocycles. The van der Waals surface area contributed by atoms with Gasteiger partial charge in [0.25, 0.3) is 0 Å². The first-order valence-electron chi connectivity index (χ1n) is 6.14. The van der Waals surface area contributed by atoms with Gasteiger partial charge in [-0.15, -0.1) is 12.4 Å². The minimum absolute atomic E-state index is 0. The third kappa shape index (κ3) is 3.88. The van der Waals surface area contributed by atoms with Gasteiger partial charge in [-0.2, -0.15) is 0 Å². The quantitative estimate of drug-likeness (QED) is 0.575. The summed E-state index contributed by atoms with van der Waals surface area (Å²) in [5.41, 5.74) is 7.38. The first-order valence-corrected chi connectivity index (χ1v) is 8.52. The fourth-order valence-electron chi connectivity index (χ4n) is 2.63. The summed E-state index contributed by atoms with van der Waals surface area (Å²) in [5.74, 6) is 0.728. The van der Waals surface area contributed by atoms with E-state index in [2.05, 4.69) is 47.8 Å². The molecular formula is C13H17Br3ClNO. The highest BCUT2D eigenvalue weighted by Crippen LogP contribution is 2.45. The lowest BCUT2D eigenvalue weighted by molar-refractivity contribution is 0.306. The van der Waals surface area contributed by atoms with Gasteiger partial charge >= 0.3 is 0 Å². The topological polar surface area (TPSA) is 46.2 Å². The predicted octanol–water partition coefficient (Wildman–Crippen LogP) is 5.68. The maximum Gasteiger partial charge on any atom is 0.144 e. The first kappa shape index (κ1) is 17.8. The third-order valence-electron chi connectivity index (χ3n) is 3.67. The van der Waals surface area contributed by atoms with Crippen LogP contribution in [0, 0.1) is 5.92 Å². The summed E-state index contributed by atoms with van der Waals surface area (Å²) < 4.78 is 2.31. The number of hydrogen-bond donors (Lipinski definition) is 2. The van der Waals surface area contributed by atoms with E-state index in [4.69, 9.17) is 5.73 Å². The molecule has 0 aliphatic heterocycles. The summed E-state index contributed by atoms with van der Waals surface area (Å²) in [6.07, 6.45) is 6.19. The molecule has 1 fully saturated rings. The molecule has 6 heteroatoms. The minimum atomic E-state index is -0.0342. The van der Waals surface area contributed by atoms with Crippen molar-refractivity contribution in [3.05, 3.63) is 25.0 Å². The molecular weight excluding hydrogens is 461 g/mol. The van der Waals surface area contributed by atoms with Crippen molar-refractivity contribution in [3.63, 3.8) is 0 Å². The summed E-state index contributed by atoms with van der Waals surface area (Å²) >= 11 is 10.3. The predicted molar refractivity (Wildman–Crippen MR) is 92.0 cm³/mol. The first-order chi connectivity index (χ1) is 8.52. The highest BCUT2D eigenvalue weighted by atomic mass is 79.9. The number of rotatable bonds is 2. The third-order valence-corrected chi connectivity index (χ3v) is 5.74. The van der Waals surface area contributed by atoms with E-state index in [1.807, 2.05) is 6.07 Å². The van der Waals surface area contributed by atoms with Gasteiger partial charge in [0.05, 0.1) is 8.95 Å². The van der Waals surface area contributed by atoms with E-state index in [0.717, 1.165) is 10.0 Å². The summed E-state index contributed by atoms with van der Waals surface area (Å²) in [6, 6.07) is 1.83. The smallest absolute Gasteiger partial charge is 0.144 e. The second kappa shape index (κ2) is 7.64. The molecule has 1 saturated carbocycles. The van der Waals surface area contributed by atoms with Crippen LogP contribution in [0.3, 0.4) is 0 Å². The number of hydrogen-bond acceptors (Lipinski definition) is 2. The number of halogens is 4. The Morgan fingerprint density at radius 2 is 1.68 bits per heavy atom.